The van der Waals surface area contributed by atoms with E-state index in [1.807, 2.05) is 12.1 Å². The fourth-order valence-corrected chi connectivity index (χ4v) is 2.37. The molecule has 1 N–H and O–H groups in total. The van der Waals surface area contributed by atoms with Gasteiger partial charge in [-0.25, -0.2) is 4.98 Å². The molecule has 0 aliphatic heterocycles. The average molecular weight is 396 g/mol. The largest absolute Gasteiger partial charge is 0.489 e. The zero-order valence-electron chi connectivity index (χ0n) is 15.0. The van der Waals surface area contributed by atoms with Crippen LogP contribution in [0.15, 0.2) is 72.0 Å². The van der Waals surface area contributed by atoms with Crippen LogP contribution in [-0.4, -0.2) is 11.2 Å². The number of hydrogen-bond donors (Lipinski definition) is 1. The molecule has 0 fully saturated rings. The molecule has 0 saturated carbocycles. The summed E-state index contributed by atoms with van der Waals surface area (Å²) >= 11 is 0. The van der Waals surface area contributed by atoms with Crippen molar-refractivity contribution in [3.8, 4) is 11.8 Å². The van der Waals surface area contributed by atoms with E-state index >= 15 is 0 Å². The van der Waals surface area contributed by atoms with E-state index in [-0.39, 0.29) is 12.4 Å². The van der Waals surface area contributed by atoms with Gasteiger partial charge in [-0.1, -0.05) is 18.2 Å². The van der Waals surface area contributed by atoms with Crippen LogP contribution in [0.25, 0.3) is 0 Å². The van der Waals surface area contributed by atoms with Crippen molar-refractivity contribution < 1.29 is 17.9 Å². The van der Waals surface area contributed by atoms with Crippen LogP contribution < -0.4 is 10.2 Å². The van der Waals surface area contributed by atoms with Gasteiger partial charge in [-0.2, -0.15) is 23.5 Å². The van der Waals surface area contributed by atoms with Crippen LogP contribution in [0.1, 0.15) is 22.3 Å². The molecule has 2 aromatic carbocycles. The molecule has 3 rings (SSSR count). The van der Waals surface area contributed by atoms with Gasteiger partial charge in [-0.05, 0) is 48.0 Å². The Morgan fingerprint density at radius 2 is 1.83 bits per heavy atom. The maximum atomic E-state index is 12.5. The number of aromatic nitrogens is 1. The number of benzene rings is 2. The van der Waals surface area contributed by atoms with Gasteiger partial charge in [0.2, 0.25) is 0 Å². The Morgan fingerprint density at radius 1 is 1.07 bits per heavy atom. The van der Waals surface area contributed by atoms with E-state index in [2.05, 4.69) is 21.6 Å². The Morgan fingerprint density at radius 3 is 2.48 bits per heavy atom. The number of rotatable bonds is 6. The molecule has 0 aliphatic rings. The third-order valence-corrected chi connectivity index (χ3v) is 3.90. The SMILES string of the molecule is N#Cc1ccccc1COc1ccc(/C=N\Nc2ccc(C(F)(F)F)cn2)cc1. The Bertz CT molecular complexity index is 1020. The van der Waals surface area contributed by atoms with Gasteiger partial charge >= 0.3 is 6.18 Å². The normalized spacial score (nSPS) is 11.2. The van der Waals surface area contributed by atoms with Gasteiger partial charge in [0.05, 0.1) is 23.4 Å². The zero-order valence-corrected chi connectivity index (χ0v) is 15.0. The Kier molecular flexibility index (Phi) is 6.09. The summed E-state index contributed by atoms with van der Waals surface area (Å²) in [5.74, 6) is 0.831. The molecule has 0 bridgehead atoms. The fourth-order valence-electron chi connectivity index (χ4n) is 2.37. The molecule has 5 nitrogen and oxygen atoms in total. The van der Waals surface area contributed by atoms with Gasteiger partial charge < -0.3 is 4.74 Å². The standard InChI is InChI=1S/C21H15F3N4O/c22-21(23,24)18-7-10-20(26-13-18)28-27-12-15-5-8-19(9-6-15)29-14-17-4-2-1-3-16(17)11-25/h1-10,12-13H,14H2,(H,26,28)/b27-12-. The van der Waals surface area contributed by atoms with Crippen LogP contribution in [0.2, 0.25) is 0 Å². The van der Waals surface area contributed by atoms with Gasteiger partial charge in [-0.3, -0.25) is 5.43 Å². The Balaban J connectivity index is 1.54. The molecule has 8 heteroatoms. The van der Waals surface area contributed by atoms with Crippen molar-refractivity contribution >= 4 is 12.0 Å². The summed E-state index contributed by atoms with van der Waals surface area (Å²) in [5, 5.41) is 13.0. The number of halogens is 3. The molecule has 0 unspecified atom stereocenters. The second-order valence-electron chi connectivity index (χ2n) is 5.93. The topological polar surface area (TPSA) is 70.3 Å². The van der Waals surface area contributed by atoms with Gasteiger partial charge in [0.25, 0.3) is 0 Å². The number of nitrogens with zero attached hydrogens (tertiary/aromatic N) is 3. The minimum atomic E-state index is -4.42. The van der Waals surface area contributed by atoms with Crippen LogP contribution >= 0.6 is 0 Å². The molecule has 0 spiro atoms. The molecule has 1 aromatic heterocycles. The summed E-state index contributed by atoms with van der Waals surface area (Å²) in [7, 11) is 0. The predicted octanol–water partition coefficient (Wildman–Crippen LogP) is 5.00. The fraction of sp³-hybridized carbons (Fsp3) is 0.0952. The molecule has 0 saturated heterocycles. The summed E-state index contributed by atoms with van der Waals surface area (Å²) in [6, 6.07) is 18.5. The number of alkyl halides is 3. The van der Waals surface area contributed by atoms with Crippen LogP contribution in [0.5, 0.6) is 5.75 Å². The molecular formula is C21H15F3N4O. The zero-order chi connectivity index (χ0) is 20.7. The molecule has 0 aliphatic carbocycles. The van der Waals surface area contributed by atoms with Gasteiger partial charge in [0.15, 0.2) is 0 Å². The lowest BCUT2D eigenvalue weighted by Crippen LogP contribution is -2.05. The van der Waals surface area contributed by atoms with Gasteiger partial charge in [0, 0.05) is 11.8 Å². The number of nitrogens with one attached hydrogen (secondary N) is 1. The number of anilines is 1. The van der Waals surface area contributed by atoms with Crippen LogP contribution in [0, 0.1) is 11.3 Å². The third-order valence-electron chi connectivity index (χ3n) is 3.90. The monoisotopic (exact) mass is 396 g/mol. The van der Waals surface area contributed by atoms with E-state index < -0.39 is 11.7 Å². The highest BCUT2D eigenvalue weighted by Gasteiger charge is 2.30. The highest BCUT2D eigenvalue weighted by atomic mass is 19.4. The minimum absolute atomic E-state index is 0.199. The highest BCUT2D eigenvalue weighted by Crippen LogP contribution is 2.28. The first-order valence-corrected chi connectivity index (χ1v) is 8.49. The van der Waals surface area contributed by atoms with E-state index in [9.17, 15) is 13.2 Å². The van der Waals surface area contributed by atoms with E-state index in [1.54, 1.807) is 36.4 Å². The van der Waals surface area contributed by atoms with E-state index in [0.717, 1.165) is 23.4 Å². The van der Waals surface area contributed by atoms with E-state index in [4.69, 9.17) is 10.00 Å². The summed E-state index contributed by atoms with van der Waals surface area (Å²) in [4.78, 5) is 3.67. The van der Waals surface area contributed by atoms with Crippen LogP contribution in [0.3, 0.4) is 0 Å². The minimum Gasteiger partial charge on any atom is -0.489 e. The van der Waals surface area contributed by atoms with Crippen molar-refractivity contribution in [1.29, 1.82) is 5.26 Å². The second kappa shape index (κ2) is 8.89. The van der Waals surface area contributed by atoms with Crippen LogP contribution in [-0.2, 0) is 12.8 Å². The molecule has 3 aromatic rings. The summed E-state index contributed by atoms with van der Waals surface area (Å²) < 4.78 is 43.2. The number of hydrogen-bond acceptors (Lipinski definition) is 5. The Hall–Kier alpha value is -3.86. The molecule has 0 amide bonds. The second-order valence-corrected chi connectivity index (χ2v) is 5.93. The maximum absolute atomic E-state index is 12.5. The molecule has 0 atom stereocenters. The number of hydrazone groups is 1. The number of pyridine rings is 1. The van der Waals surface area contributed by atoms with Crippen molar-refractivity contribution in [3.05, 3.63) is 89.1 Å². The summed E-state index contributed by atoms with van der Waals surface area (Å²) in [6.07, 6.45) is -2.17. The maximum Gasteiger partial charge on any atom is 0.417 e. The van der Waals surface area contributed by atoms with E-state index in [1.165, 1.54) is 12.3 Å². The lowest BCUT2D eigenvalue weighted by Gasteiger charge is -2.08. The smallest absolute Gasteiger partial charge is 0.417 e. The average Bonchev–Trinajstić information content (AvgIpc) is 2.73. The van der Waals surface area contributed by atoms with Gasteiger partial charge in [0.1, 0.15) is 18.2 Å². The van der Waals surface area contributed by atoms with Crippen molar-refractivity contribution in [2.75, 3.05) is 5.43 Å². The number of nitriles is 1. The molecule has 29 heavy (non-hydrogen) atoms. The molecular weight excluding hydrogens is 381 g/mol. The number of ether oxygens (including phenoxy) is 1. The molecule has 1 heterocycles. The van der Waals surface area contributed by atoms with Crippen molar-refractivity contribution in [3.63, 3.8) is 0 Å². The Labute approximate surface area is 165 Å². The van der Waals surface area contributed by atoms with Crippen molar-refractivity contribution in [2.24, 2.45) is 5.10 Å². The van der Waals surface area contributed by atoms with Gasteiger partial charge in [-0.15, -0.1) is 0 Å². The summed E-state index contributed by atoms with van der Waals surface area (Å²) in [6.45, 7) is 0.276. The lowest BCUT2D eigenvalue weighted by atomic mass is 10.1. The summed E-state index contributed by atoms with van der Waals surface area (Å²) in [5.41, 5.74) is 3.88. The first kappa shape index (κ1) is 19.9. The first-order chi connectivity index (χ1) is 14.0. The third kappa shape index (κ3) is 5.56. The van der Waals surface area contributed by atoms with Crippen molar-refractivity contribution in [2.45, 2.75) is 12.8 Å². The quantitative estimate of drug-likeness (QED) is 0.470. The van der Waals surface area contributed by atoms with Crippen LogP contribution in [0.4, 0.5) is 19.0 Å². The molecule has 0 radical (unpaired) electrons. The first-order valence-electron chi connectivity index (χ1n) is 8.49. The lowest BCUT2D eigenvalue weighted by molar-refractivity contribution is -0.137. The highest BCUT2D eigenvalue weighted by molar-refractivity contribution is 5.80. The molecule has 146 valence electrons. The van der Waals surface area contributed by atoms with E-state index in [0.29, 0.717) is 11.3 Å². The predicted molar refractivity (Wildman–Crippen MR) is 102 cm³/mol. The van der Waals surface area contributed by atoms with Crippen molar-refractivity contribution in [1.82, 2.24) is 4.98 Å².